The molecule has 0 aliphatic heterocycles. The maximum absolute atomic E-state index is 4.48. The van der Waals surface area contributed by atoms with Gasteiger partial charge in [-0.25, -0.2) is 0 Å². The third-order valence-corrected chi connectivity index (χ3v) is 4.11. The van der Waals surface area contributed by atoms with Crippen molar-refractivity contribution < 1.29 is 0 Å². The summed E-state index contributed by atoms with van der Waals surface area (Å²) in [6.07, 6.45) is 7.65. The van der Waals surface area contributed by atoms with Gasteiger partial charge in [0.1, 0.15) is 0 Å². The Morgan fingerprint density at radius 1 is 1.32 bits per heavy atom. The molecule has 1 aromatic rings. The van der Waals surface area contributed by atoms with Crippen LogP contribution in [0.4, 0.5) is 0 Å². The van der Waals surface area contributed by atoms with Gasteiger partial charge in [-0.15, -0.1) is 24.0 Å². The molecule has 0 atom stereocenters. The lowest BCUT2D eigenvalue weighted by molar-refractivity contribution is 0.409. The summed E-state index contributed by atoms with van der Waals surface area (Å²) >= 11 is 0. The Balaban J connectivity index is 0.00000242. The van der Waals surface area contributed by atoms with Gasteiger partial charge in [-0.05, 0) is 39.2 Å². The predicted molar refractivity (Wildman–Crippen MR) is 103 cm³/mol. The Morgan fingerprint density at radius 3 is 2.64 bits per heavy atom. The van der Waals surface area contributed by atoms with Gasteiger partial charge in [0.15, 0.2) is 5.96 Å². The van der Waals surface area contributed by atoms with Crippen LogP contribution in [-0.2, 0) is 6.54 Å². The molecule has 0 unspecified atom stereocenters. The van der Waals surface area contributed by atoms with Crippen LogP contribution >= 0.6 is 24.0 Å². The Morgan fingerprint density at radius 2 is 2.05 bits per heavy atom. The SMILES string of the molecule is CN=C(NCCCn1nc(C)cc1C)NC1CCCCC1.I. The molecule has 0 bridgehead atoms. The largest absolute Gasteiger partial charge is 0.356 e. The minimum Gasteiger partial charge on any atom is -0.356 e. The first-order valence-electron chi connectivity index (χ1n) is 8.17. The van der Waals surface area contributed by atoms with E-state index in [2.05, 4.69) is 38.4 Å². The number of aliphatic imine (C=N–C) groups is 1. The highest BCUT2D eigenvalue weighted by molar-refractivity contribution is 14.0. The van der Waals surface area contributed by atoms with E-state index < -0.39 is 0 Å². The molecular formula is C16H30IN5. The van der Waals surface area contributed by atoms with Crippen molar-refractivity contribution in [1.82, 2.24) is 20.4 Å². The highest BCUT2D eigenvalue weighted by Gasteiger charge is 2.14. The number of hydrogen-bond acceptors (Lipinski definition) is 2. The highest BCUT2D eigenvalue weighted by atomic mass is 127. The number of hydrogen-bond donors (Lipinski definition) is 2. The molecule has 1 fully saturated rings. The van der Waals surface area contributed by atoms with E-state index in [4.69, 9.17) is 0 Å². The van der Waals surface area contributed by atoms with E-state index in [0.717, 1.165) is 31.2 Å². The summed E-state index contributed by atoms with van der Waals surface area (Å²) in [7, 11) is 1.85. The smallest absolute Gasteiger partial charge is 0.191 e. The van der Waals surface area contributed by atoms with Gasteiger partial charge in [-0.3, -0.25) is 9.67 Å². The summed E-state index contributed by atoms with van der Waals surface area (Å²) in [6, 6.07) is 2.72. The van der Waals surface area contributed by atoms with Crippen LogP contribution in [0.15, 0.2) is 11.1 Å². The monoisotopic (exact) mass is 419 g/mol. The van der Waals surface area contributed by atoms with Crippen molar-refractivity contribution in [1.29, 1.82) is 0 Å². The lowest BCUT2D eigenvalue weighted by Gasteiger charge is -2.24. The molecular weight excluding hydrogens is 389 g/mol. The van der Waals surface area contributed by atoms with Crippen molar-refractivity contribution in [2.75, 3.05) is 13.6 Å². The number of nitrogens with one attached hydrogen (secondary N) is 2. The maximum atomic E-state index is 4.48. The fourth-order valence-electron chi connectivity index (χ4n) is 2.97. The second kappa shape index (κ2) is 10.1. The van der Waals surface area contributed by atoms with Gasteiger partial charge in [0.05, 0.1) is 5.69 Å². The molecule has 0 amide bonds. The average Bonchev–Trinajstić information content (AvgIpc) is 2.81. The van der Waals surface area contributed by atoms with Gasteiger partial charge in [0.25, 0.3) is 0 Å². The van der Waals surface area contributed by atoms with Crippen molar-refractivity contribution in [3.05, 3.63) is 17.5 Å². The van der Waals surface area contributed by atoms with Crippen molar-refractivity contribution >= 4 is 29.9 Å². The van der Waals surface area contributed by atoms with Gasteiger partial charge in [0, 0.05) is 31.9 Å². The van der Waals surface area contributed by atoms with Crippen LogP contribution < -0.4 is 10.6 Å². The summed E-state index contributed by atoms with van der Waals surface area (Å²) in [4.78, 5) is 4.32. The normalized spacial score (nSPS) is 16.2. The number of aromatic nitrogens is 2. The maximum Gasteiger partial charge on any atom is 0.191 e. The molecule has 1 saturated carbocycles. The summed E-state index contributed by atoms with van der Waals surface area (Å²) in [6.45, 7) is 6.02. The molecule has 1 aromatic heterocycles. The zero-order valence-corrected chi connectivity index (χ0v) is 16.4. The van der Waals surface area contributed by atoms with Gasteiger partial charge in [-0.2, -0.15) is 5.10 Å². The third kappa shape index (κ3) is 6.14. The molecule has 126 valence electrons. The summed E-state index contributed by atoms with van der Waals surface area (Å²) < 4.78 is 2.08. The fourth-order valence-corrected chi connectivity index (χ4v) is 2.97. The van der Waals surface area contributed by atoms with Crippen LogP contribution in [0.25, 0.3) is 0 Å². The van der Waals surface area contributed by atoms with Crippen LogP contribution in [0.1, 0.15) is 49.9 Å². The van der Waals surface area contributed by atoms with E-state index in [0.29, 0.717) is 6.04 Å². The van der Waals surface area contributed by atoms with Crippen LogP contribution in [0, 0.1) is 13.8 Å². The minimum atomic E-state index is 0. The van der Waals surface area contributed by atoms with Gasteiger partial charge in [0.2, 0.25) is 0 Å². The minimum absolute atomic E-state index is 0. The highest BCUT2D eigenvalue weighted by Crippen LogP contribution is 2.17. The van der Waals surface area contributed by atoms with E-state index in [1.54, 1.807) is 0 Å². The van der Waals surface area contributed by atoms with Crippen LogP contribution in [-0.4, -0.2) is 35.4 Å². The van der Waals surface area contributed by atoms with E-state index >= 15 is 0 Å². The number of guanidine groups is 1. The van der Waals surface area contributed by atoms with E-state index in [9.17, 15) is 0 Å². The molecule has 0 aromatic carbocycles. The first-order valence-corrected chi connectivity index (χ1v) is 8.17. The Bertz CT molecular complexity index is 463. The lowest BCUT2D eigenvalue weighted by atomic mass is 9.96. The number of halogens is 1. The van der Waals surface area contributed by atoms with Gasteiger partial charge >= 0.3 is 0 Å². The zero-order valence-electron chi connectivity index (χ0n) is 14.1. The van der Waals surface area contributed by atoms with E-state index in [-0.39, 0.29) is 24.0 Å². The van der Waals surface area contributed by atoms with Crippen LogP contribution in [0.2, 0.25) is 0 Å². The van der Waals surface area contributed by atoms with Crippen molar-refractivity contribution in [3.8, 4) is 0 Å². The van der Waals surface area contributed by atoms with Crippen LogP contribution in [0.3, 0.4) is 0 Å². The predicted octanol–water partition coefficient (Wildman–Crippen LogP) is 3.01. The van der Waals surface area contributed by atoms with Crippen LogP contribution in [0.5, 0.6) is 0 Å². The quantitative estimate of drug-likeness (QED) is 0.334. The summed E-state index contributed by atoms with van der Waals surface area (Å²) in [5.41, 5.74) is 2.33. The Hall–Kier alpha value is -0.790. The number of aryl methyl sites for hydroxylation is 3. The number of nitrogens with zero attached hydrogens (tertiary/aromatic N) is 3. The first kappa shape index (κ1) is 19.3. The molecule has 2 rings (SSSR count). The van der Waals surface area contributed by atoms with E-state index in [1.807, 2.05) is 14.0 Å². The van der Waals surface area contributed by atoms with Crippen molar-refractivity contribution in [2.45, 2.75) is 65.0 Å². The average molecular weight is 419 g/mol. The molecule has 1 aliphatic carbocycles. The molecule has 1 heterocycles. The zero-order chi connectivity index (χ0) is 15.1. The molecule has 6 heteroatoms. The summed E-state index contributed by atoms with van der Waals surface area (Å²) in [5.74, 6) is 0.940. The summed E-state index contributed by atoms with van der Waals surface area (Å²) in [5, 5.41) is 11.4. The van der Waals surface area contributed by atoms with Gasteiger partial charge in [-0.1, -0.05) is 19.3 Å². The van der Waals surface area contributed by atoms with Gasteiger partial charge < -0.3 is 10.6 Å². The molecule has 5 nitrogen and oxygen atoms in total. The molecule has 0 spiro atoms. The lowest BCUT2D eigenvalue weighted by Crippen LogP contribution is -2.44. The molecule has 1 aliphatic rings. The fraction of sp³-hybridized carbons (Fsp3) is 0.750. The third-order valence-electron chi connectivity index (χ3n) is 4.11. The molecule has 0 radical (unpaired) electrons. The molecule has 2 N–H and O–H groups in total. The van der Waals surface area contributed by atoms with Crippen molar-refractivity contribution in [2.24, 2.45) is 4.99 Å². The second-order valence-electron chi connectivity index (χ2n) is 5.98. The Labute approximate surface area is 151 Å². The molecule has 0 saturated heterocycles. The number of rotatable bonds is 5. The van der Waals surface area contributed by atoms with E-state index in [1.165, 1.54) is 37.8 Å². The second-order valence-corrected chi connectivity index (χ2v) is 5.98. The topological polar surface area (TPSA) is 54.2 Å². The molecule has 22 heavy (non-hydrogen) atoms. The van der Waals surface area contributed by atoms with Crippen molar-refractivity contribution in [3.63, 3.8) is 0 Å². The Kier molecular flexibility index (Phi) is 8.82. The standard InChI is InChI=1S/C16H29N5.HI/c1-13-12-14(2)21(20-13)11-7-10-18-16(17-3)19-15-8-5-4-6-9-15;/h12,15H,4-11H2,1-3H3,(H2,17,18,19);1H. The first-order chi connectivity index (χ1) is 10.2.